The van der Waals surface area contributed by atoms with E-state index < -0.39 is 6.04 Å². The summed E-state index contributed by atoms with van der Waals surface area (Å²) in [7, 11) is 0. The van der Waals surface area contributed by atoms with Crippen LogP contribution in [0, 0.1) is 5.92 Å². The molecule has 0 spiro atoms. The summed E-state index contributed by atoms with van der Waals surface area (Å²) in [4.78, 5) is 27.8. The quantitative estimate of drug-likeness (QED) is 0.545. The first-order valence-electron chi connectivity index (χ1n) is 10.4. The number of nitrogens with one attached hydrogen (secondary N) is 1. The molecule has 0 saturated carbocycles. The third-order valence-corrected chi connectivity index (χ3v) is 5.65. The second-order valence-corrected chi connectivity index (χ2v) is 8.58. The van der Waals surface area contributed by atoms with Gasteiger partial charge in [0.2, 0.25) is 11.8 Å². The summed E-state index contributed by atoms with van der Waals surface area (Å²) in [5.41, 5.74) is 1.71. The van der Waals surface area contributed by atoms with Gasteiger partial charge in [-0.25, -0.2) is 0 Å². The lowest BCUT2D eigenvalue weighted by atomic mass is 10.1. The monoisotopic (exact) mass is 448 g/mol. The molecule has 2 aromatic carbocycles. The molecule has 1 atom stereocenters. The fourth-order valence-corrected chi connectivity index (χ4v) is 3.80. The Morgan fingerprint density at radius 1 is 1.00 bits per heavy atom. The number of amides is 2. The van der Waals surface area contributed by atoms with Gasteiger partial charge in [-0.2, -0.15) is 0 Å². The van der Waals surface area contributed by atoms with E-state index in [0.29, 0.717) is 47.5 Å². The average molecular weight is 449 g/mol. The van der Waals surface area contributed by atoms with E-state index in [-0.39, 0.29) is 18.2 Å². The maximum absolute atomic E-state index is 13.3. The van der Waals surface area contributed by atoms with E-state index in [1.54, 1.807) is 23.1 Å². The molecule has 30 heavy (non-hydrogen) atoms. The molecular weight excluding hydrogens is 419 g/mol. The lowest BCUT2D eigenvalue weighted by molar-refractivity contribution is -0.140. The molecule has 0 aliphatic rings. The second kappa shape index (κ2) is 12.0. The Morgan fingerprint density at radius 3 is 2.20 bits per heavy atom. The first kappa shape index (κ1) is 24.2. The fraction of sp³-hybridized carbons (Fsp3) is 0.417. The smallest absolute Gasteiger partial charge is 0.242 e. The van der Waals surface area contributed by atoms with E-state index in [9.17, 15) is 9.59 Å². The molecule has 0 radical (unpaired) electrons. The highest BCUT2D eigenvalue weighted by Crippen LogP contribution is 2.25. The van der Waals surface area contributed by atoms with Crippen molar-refractivity contribution in [3.05, 3.63) is 69.7 Å². The first-order chi connectivity index (χ1) is 14.3. The lowest BCUT2D eigenvalue weighted by Gasteiger charge is -2.31. The summed E-state index contributed by atoms with van der Waals surface area (Å²) in [6.07, 6.45) is 1.25. The predicted octanol–water partition coefficient (Wildman–Crippen LogP) is 5.16. The molecule has 0 heterocycles. The summed E-state index contributed by atoms with van der Waals surface area (Å²) in [6, 6.07) is 14.6. The Hall–Kier alpha value is -2.04. The van der Waals surface area contributed by atoms with Crippen LogP contribution in [-0.4, -0.2) is 35.8 Å². The highest BCUT2D eigenvalue weighted by Gasteiger charge is 2.29. The average Bonchev–Trinajstić information content (AvgIpc) is 2.72. The summed E-state index contributed by atoms with van der Waals surface area (Å²) in [5, 5.41) is 3.88. The summed E-state index contributed by atoms with van der Waals surface area (Å²) in [6.45, 7) is 7.02. The Kier molecular flexibility index (Phi) is 9.67. The Labute approximate surface area is 189 Å². The molecule has 6 heteroatoms. The van der Waals surface area contributed by atoms with Crippen LogP contribution in [0.5, 0.6) is 0 Å². The van der Waals surface area contributed by atoms with Crippen LogP contribution < -0.4 is 5.32 Å². The standard InChI is InChI=1S/C24H30Cl2N2O2/c1-4-22(24(30)27-16-17(2)3)28(14-13-18-9-6-5-7-10-18)23(29)15-19-20(25)11-8-12-21(19)26/h5-12,17,22H,4,13-16H2,1-3H3,(H,27,30). The highest BCUT2D eigenvalue weighted by molar-refractivity contribution is 6.36. The van der Waals surface area contributed by atoms with Crippen LogP contribution >= 0.6 is 23.2 Å². The van der Waals surface area contributed by atoms with Crippen molar-refractivity contribution in [1.29, 1.82) is 0 Å². The van der Waals surface area contributed by atoms with Crippen LogP contribution in [0.1, 0.15) is 38.3 Å². The van der Waals surface area contributed by atoms with Gasteiger partial charge in [0, 0.05) is 23.1 Å². The van der Waals surface area contributed by atoms with E-state index in [1.165, 1.54) is 0 Å². The van der Waals surface area contributed by atoms with Crippen LogP contribution in [0.4, 0.5) is 0 Å². The molecule has 2 rings (SSSR count). The van der Waals surface area contributed by atoms with E-state index in [0.717, 1.165) is 5.56 Å². The van der Waals surface area contributed by atoms with Gasteiger partial charge in [0.25, 0.3) is 0 Å². The SMILES string of the molecule is CCC(C(=O)NCC(C)C)N(CCc1ccccc1)C(=O)Cc1c(Cl)cccc1Cl. The minimum absolute atomic E-state index is 0.0568. The van der Waals surface area contributed by atoms with E-state index >= 15 is 0 Å². The van der Waals surface area contributed by atoms with Gasteiger partial charge in [0.05, 0.1) is 6.42 Å². The van der Waals surface area contributed by atoms with Gasteiger partial charge in [-0.1, -0.05) is 80.4 Å². The Bertz CT molecular complexity index is 820. The third-order valence-electron chi connectivity index (χ3n) is 4.94. The molecule has 0 saturated heterocycles. The number of benzene rings is 2. The summed E-state index contributed by atoms with van der Waals surface area (Å²) < 4.78 is 0. The number of rotatable bonds is 10. The van der Waals surface area contributed by atoms with Crippen molar-refractivity contribution in [2.24, 2.45) is 5.92 Å². The van der Waals surface area contributed by atoms with Crippen LogP contribution in [0.25, 0.3) is 0 Å². The van der Waals surface area contributed by atoms with Gasteiger partial charge < -0.3 is 10.2 Å². The van der Waals surface area contributed by atoms with Gasteiger partial charge in [0.15, 0.2) is 0 Å². The van der Waals surface area contributed by atoms with E-state index in [1.807, 2.05) is 51.1 Å². The molecule has 1 N–H and O–H groups in total. The molecule has 4 nitrogen and oxygen atoms in total. The third kappa shape index (κ3) is 7.03. The van der Waals surface area contributed by atoms with Crippen molar-refractivity contribution >= 4 is 35.0 Å². The number of carbonyl (C=O) groups excluding carboxylic acids is 2. The minimum atomic E-state index is -0.541. The molecule has 2 aromatic rings. The maximum atomic E-state index is 13.3. The van der Waals surface area contributed by atoms with Crippen molar-refractivity contribution in [3.8, 4) is 0 Å². The predicted molar refractivity (Wildman–Crippen MR) is 124 cm³/mol. The van der Waals surface area contributed by atoms with Crippen LogP contribution in [-0.2, 0) is 22.4 Å². The van der Waals surface area contributed by atoms with Crippen molar-refractivity contribution < 1.29 is 9.59 Å². The molecular formula is C24H30Cl2N2O2. The molecule has 1 unspecified atom stereocenters. The molecule has 0 aliphatic heterocycles. The highest BCUT2D eigenvalue weighted by atomic mass is 35.5. The number of hydrogen-bond donors (Lipinski definition) is 1. The van der Waals surface area contributed by atoms with Gasteiger partial charge in [-0.05, 0) is 42.0 Å². The molecule has 2 amide bonds. The number of carbonyl (C=O) groups is 2. The second-order valence-electron chi connectivity index (χ2n) is 7.76. The zero-order valence-corrected chi connectivity index (χ0v) is 19.3. The van der Waals surface area contributed by atoms with Gasteiger partial charge in [-0.3, -0.25) is 9.59 Å². The van der Waals surface area contributed by atoms with Gasteiger partial charge in [0.1, 0.15) is 6.04 Å². The number of nitrogens with zero attached hydrogens (tertiary/aromatic N) is 1. The fourth-order valence-electron chi connectivity index (χ4n) is 3.27. The van der Waals surface area contributed by atoms with Gasteiger partial charge in [-0.15, -0.1) is 0 Å². The largest absolute Gasteiger partial charge is 0.354 e. The molecule has 162 valence electrons. The van der Waals surface area contributed by atoms with Crippen LogP contribution in [0.15, 0.2) is 48.5 Å². The van der Waals surface area contributed by atoms with Crippen LogP contribution in [0.2, 0.25) is 10.0 Å². The Morgan fingerprint density at radius 2 is 1.63 bits per heavy atom. The lowest BCUT2D eigenvalue weighted by Crippen LogP contribution is -2.51. The van der Waals surface area contributed by atoms with Crippen LogP contribution in [0.3, 0.4) is 0 Å². The normalized spacial score (nSPS) is 11.9. The molecule has 0 fully saturated rings. The summed E-state index contributed by atoms with van der Waals surface area (Å²) >= 11 is 12.6. The first-order valence-corrected chi connectivity index (χ1v) is 11.1. The van der Waals surface area contributed by atoms with E-state index in [4.69, 9.17) is 23.2 Å². The Balaban J connectivity index is 2.24. The minimum Gasteiger partial charge on any atom is -0.354 e. The van der Waals surface area contributed by atoms with Crippen molar-refractivity contribution in [2.75, 3.05) is 13.1 Å². The van der Waals surface area contributed by atoms with Crippen molar-refractivity contribution in [2.45, 2.75) is 46.1 Å². The summed E-state index contributed by atoms with van der Waals surface area (Å²) in [5.74, 6) is 0.0483. The maximum Gasteiger partial charge on any atom is 0.242 e. The molecule has 0 bridgehead atoms. The molecule has 0 aliphatic carbocycles. The van der Waals surface area contributed by atoms with E-state index in [2.05, 4.69) is 5.32 Å². The number of halogens is 2. The van der Waals surface area contributed by atoms with Gasteiger partial charge >= 0.3 is 0 Å². The zero-order valence-electron chi connectivity index (χ0n) is 17.8. The molecule has 0 aromatic heterocycles. The van der Waals surface area contributed by atoms with Crippen molar-refractivity contribution in [1.82, 2.24) is 10.2 Å². The zero-order chi connectivity index (χ0) is 22.1. The van der Waals surface area contributed by atoms with Crippen molar-refractivity contribution in [3.63, 3.8) is 0 Å². The number of hydrogen-bond acceptors (Lipinski definition) is 2. The topological polar surface area (TPSA) is 49.4 Å².